The first-order valence-corrected chi connectivity index (χ1v) is 13.4. The molecule has 2 atom stereocenters. The van der Waals surface area contributed by atoms with Gasteiger partial charge >= 0.3 is 0 Å². The molecule has 0 amide bonds. The van der Waals surface area contributed by atoms with Crippen LogP contribution >= 0.6 is 0 Å². The third-order valence-electron chi connectivity index (χ3n) is 7.21. The molecule has 0 spiro atoms. The van der Waals surface area contributed by atoms with Crippen molar-refractivity contribution >= 4 is 5.69 Å². The number of piperidine rings is 1. The summed E-state index contributed by atoms with van der Waals surface area (Å²) >= 11 is 0. The lowest BCUT2D eigenvalue weighted by Crippen LogP contribution is -2.41. The van der Waals surface area contributed by atoms with E-state index in [9.17, 15) is 0 Å². The Hall–Kier alpha value is -3.06. The van der Waals surface area contributed by atoms with Crippen LogP contribution in [-0.2, 0) is 22.7 Å². The van der Waals surface area contributed by atoms with E-state index < -0.39 is 0 Å². The van der Waals surface area contributed by atoms with Gasteiger partial charge in [-0.15, -0.1) is 0 Å². The molecule has 1 saturated heterocycles. The summed E-state index contributed by atoms with van der Waals surface area (Å²) < 4.78 is 23.6. The minimum absolute atomic E-state index is 0.130. The van der Waals surface area contributed by atoms with Gasteiger partial charge in [-0.05, 0) is 60.3 Å². The van der Waals surface area contributed by atoms with Crippen LogP contribution < -0.4 is 19.7 Å². The van der Waals surface area contributed by atoms with E-state index >= 15 is 0 Å². The number of para-hydroxylation sites is 1. The Bertz CT molecular complexity index is 1110. The van der Waals surface area contributed by atoms with Gasteiger partial charge in [-0.25, -0.2) is 0 Å². The highest BCUT2D eigenvalue weighted by molar-refractivity contribution is 5.61. The van der Waals surface area contributed by atoms with E-state index in [0.29, 0.717) is 19.1 Å². The van der Waals surface area contributed by atoms with Crippen molar-refractivity contribution in [3.8, 4) is 11.5 Å². The van der Waals surface area contributed by atoms with Crippen LogP contribution in [0.25, 0.3) is 0 Å². The van der Waals surface area contributed by atoms with Crippen LogP contribution in [0.5, 0.6) is 11.5 Å². The van der Waals surface area contributed by atoms with Crippen LogP contribution in [0.4, 0.5) is 5.69 Å². The molecule has 1 N–H and O–H groups in total. The lowest BCUT2D eigenvalue weighted by Gasteiger charge is -2.33. The fourth-order valence-electron chi connectivity index (χ4n) is 5.17. The van der Waals surface area contributed by atoms with Gasteiger partial charge in [0.15, 0.2) is 0 Å². The molecule has 0 radical (unpaired) electrons. The minimum Gasteiger partial charge on any atom is -0.490 e. The molecule has 3 aromatic carbocycles. The molecule has 6 nitrogen and oxygen atoms in total. The second kappa shape index (κ2) is 13.0. The average molecular weight is 503 g/mol. The van der Waals surface area contributed by atoms with Crippen LogP contribution in [0.2, 0.25) is 0 Å². The molecule has 196 valence electrons. The number of rotatable bonds is 11. The molecule has 2 heterocycles. The first-order valence-electron chi connectivity index (χ1n) is 13.4. The Morgan fingerprint density at radius 2 is 1.81 bits per heavy atom. The van der Waals surface area contributed by atoms with Crippen molar-refractivity contribution < 1.29 is 18.9 Å². The maximum absolute atomic E-state index is 6.53. The van der Waals surface area contributed by atoms with Crippen molar-refractivity contribution in [2.45, 2.75) is 38.1 Å². The number of ether oxygens (including phenoxy) is 4. The van der Waals surface area contributed by atoms with Gasteiger partial charge in [-0.2, -0.15) is 0 Å². The van der Waals surface area contributed by atoms with Gasteiger partial charge in [-0.1, -0.05) is 48.5 Å². The van der Waals surface area contributed by atoms with Crippen molar-refractivity contribution in [2.24, 2.45) is 0 Å². The number of nitrogens with one attached hydrogen (secondary N) is 1. The lowest BCUT2D eigenvalue weighted by molar-refractivity contribution is 0.0106. The maximum Gasteiger partial charge on any atom is 0.142 e. The zero-order valence-corrected chi connectivity index (χ0v) is 21.7. The number of methoxy groups -OCH3 is 1. The topological polar surface area (TPSA) is 52.2 Å². The van der Waals surface area contributed by atoms with E-state index in [1.807, 2.05) is 30.3 Å². The van der Waals surface area contributed by atoms with Crippen LogP contribution in [0.3, 0.4) is 0 Å². The van der Waals surface area contributed by atoms with Crippen LogP contribution in [0.15, 0.2) is 72.8 Å². The van der Waals surface area contributed by atoms with E-state index in [0.717, 1.165) is 69.4 Å². The van der Waals surface area contributed by atoms with Crippen LogP contribution in [0, 0.1) is 0 Å². The summed E-state index contributed by atoms with van der Waals surface area (Å²) in [6.07, 6.45) is 2.20. The van der Waals surface area contributed by atoms with Crippen molar-refractivity contribution in [1.82, 2.24) is 5.32 Å². The third kappa shape index (κ3) is 6.83. The summed E-state index contributed by atoms with van der Waals surface area (Å²) in [4.78, 5) is 2.40. The first-order chi connectivity index (χ1) is 18.3. The highest BCUT2D eigenvalue weighted by Gasteiger charge is 2.27. The molecule has 0 unspecified atom stereocenters. The Labute approximate surface area is 220 Å². The minimum atomic E-state index is 0.130. The highest BCUT2D eigenvalue weighted by Crippen LogP contribution is 2.34. The summed E-state index contributed by atoms with van der Waals surface area (Å²) in [5.41, 5.74) is 4.84. The van der Waals surface area contributed by atoms with Gasteiger partial charge in [0.25, 0.3) is 0 Å². The monoisotopic (exact) mass is 502 g/mol. The number of hydrogen-bond acceptors (Lipinski definition) is 6. The van der Waals surface area contributed by atoms with Crippen LogP contribution in [-0.4, -0.2) is 52.6 Å². The van der Waals surface area contributed by atoms with Gasteiger partial charge in [-0.3, -0.25) is 0 Å². The smallest absolute Gasteiger partial charge is 0.142 e. The quantitative estimate of drug-likeness (QED) is 0.366. The molecule has 0 saturated carbocycles. The summed E-state index contributed by atoms with van der Waals surface area (Å²) in [5, 5.41) is 3.52. The lowest BCUT2D eigenvalue weighted by atomic mass is 9.87. The van der Waals surface area contributed by atoms with Crippen molar-refractivity contribution in [1.29, 1.82) is 0 Å². The van der Waals surface area contributed by atoms with Gasteiger partial charge in [0.05, 0.1) is 24.9 Å². The summed E-state index contributed by atoms with van der Waals surface area (Å²) in [6.45, 7) is 6.40. The number of nitrogens with zero attached hydrogens (tertiary/aromatic N) is 1. The zero-order chi connectivity index (χ0) is 25.3. The molecule has 5 rings (SSSR count). The van der Waals surface area contributed by atoms with E-state index in [2.05, 4.69) is 52.7 Å². The van der Waals surface area contributed by atoms with E-state index in [4.69, 9.17) is 18.9 Å². The zero-order valence-electron chi connectivity index (χ0n) is 21.7. The molecule has 1 fully saturated rings. The fourth-order valence-corrected chi connectivity index (χ4v) is 5.17. The Balaban J connectivity index is 1.20. The fraction of sp³-hybridized carbons (Fsp3) is 0.419. The maximum atomic E-state index is 6.53. The Morgan fingerprint density at radius 1 is 0.973 bits per heavy atom. The number of anilines is 1. The summed E-state index contributed by atoms with van der Waals surface area (Å²) in [7, 11) is 1.75. The third-order valence-corrected chi connectivity index (χ3v) is 7.21. The van der Waals surface area contributed by atoms with E-state index in [1.54, 1.807) is 7.11 Å². The molecule has 6 heteroatoms. The predicted molar refractivity (Wildman–Crippen MR) is 147 cm³/mol. The van der Waals surface area contributed by atoms with Crippen molar-refractivity contribution in [2.75, 3.05) is 51.4 Å². The van der Waals surface area contributed by atoms with Crippen molar-refractivity contribution in [3.05, 3.63) is 89.5 Å². The number of hydrogen-bond donors (Lipinski definition) is 1. The van der Waals surface area contributed by atoms with Gasteiger partial charge < -0.3 is 29.2 Å². The second-order valence-electron chi connectivity index (χ2n) is 9.78. The average Bonchev–Trinajstić information content (AvgIpc) is 2.96. The molecule has 37 heavy (non-hydrogen) atoms. The first kappa shape index (κ1) is 25.6. The van der Waals surface area contributed by atoms with E-state index in [-0.39, 0.29) is 6.10 Å². The molecule has 2 aliphatic rings. The van der Waals surface area contributed by atoms with Crippen LogP contribution in [0.1, 0.15) is 35.4 Å². The molecular formula is C31H38N2O4. The molecule has 0 bridgehead atoms. The number of benzene rings is 3. The SMILES string of the molecule is COCCCN1CCOc2ccc(CO[C@H]3CNCC[C@@H]3c3ccc(COc4ccccc4)cc3)cc21. The van der Waals surface area contributed by atoms with Crippen molar-refractivity contribution in [3.63, 3.8) is 0 Å². The Kier molecular flexibility index (Phi) is 8.95. The summed E-state index contributed by atoms with van der Waals surface area (Å²) in [6, 6.07) is 25.2. The summed E-state index contributed by atoms with van der Waals surface area (Å²) in [5.74, 6) is 2.23. The molecule has 0 aliphatic carbocycles. The van der Waals surface area contributed by atoms with E-state index in [1.165, 1.54) is 16.7 Å². The predicted octanol–water partition coefficient (Wildman–Crippen LogP) is 5.16. The van der Waals surface area contributed by atoms with Gasteiger partial charge in [0, 0.05) is 32.7 Å². The molecule has 0 aromatic heterocycles. The molecule has 3 aromatic rings. The second-order valence-corrected chi connectivity index (χ2v) is 9.78. The van der Waals surface area contributed by atoms with Gasteiger partial charge in [0.2, 0.25) is 0 Å². The number of fused-ring (bicyclic) bond motifs is 1. The molecular weight excluding hydrogens is 464 g/mol. The van der Waals surface area contributed by atoms with Gasteiger partial charge in [0.1, 0.15) is 24.7 Å². The Morgan fingerprint density at radius 3 is 2.65 bits per heavy atom. The normalized spacial score (nSPS) is 19.2. The molecule has 2 aliphatic heterocycles. The standard InChI is InChI=1S/C31H38N2O4/c1-34-18-5-16-33-17-19-35-30-13-10-25(20-29(30)33)23-37-31-21-32-15-14-28(31)26-11-8-24(9-12-26)22-36-27-6-3-2-4-7-27/h2-4,6-13,20,28,31-32H,5,14-19,21-23H2,1H3/t28-,31+/m1/s1. The largest absolute Gasteiger partial charge is 0.490 e. The highest BCUT2D eigenvalue weighted by atomic mass is 16.5.